The van der Waals surface area contributed by atoms with Crippen LogP contribution in [0.1, 0.15) is 31.7 Å². The number of H-pyrrole nitrogens is 1. The summed E-state index contributed by atoms with van der Waals surface area (Å²) in [6, 6.07) is 5.02. The number of nitrogens with zero attached hydrogens (tertiary/aromatic N) is 2. The molecule has 1 N–H and O–H groups in total. The van der Waals surface area contributed by atoms with Crippen LogP contribution in [0.5, 0.6) is 0 Å². The first-order chi connectivity index (χ1) is 8.20. The number of aromatic nitrogens is 2. The number of aryl methyl sites for hydroxylation is 2. The van der Waals surface area contributed by atoms with Crippen LogP contribution < -0.4 is 4.90 Å². The molecule has 90 valence electrons. The van der Waals surface area contributed by atoms with E-state index in [0.29, 0.717) is 6.04 Å². The van der Waals surface area contributed by atoms with Gasteiger partial charge in [0.25, 0.3) is 0 Å². The van der Waals surface area contributed by atoms with E-state index in [1.54, 1.807) is 0 Å². The van der Waals surface area contributed by atoms with Crippen LogP contribution >= 0.6 is 0 Å². The molecule has 1 aromatic carbocycles. The molecule has 17 heavy (non-hydrogen) atoms. The van der Waals surface area contributed by atoms with Gasteiger partial charge in [0.1, 0.15) is 5.82 Å². The van der Waals surface area contributed by atoms with Crippen molar-refractivity contribution >= 4 is 16.7 Å². The molecule has 0 saturated carbocycles. The normalized spacial score (nSPS) is 19.7. The van der Waals surface area contributed by atoms with Crippen molar-refractivity contribution < 1.29 is 0 Å². The molecule has 0 saturated heterocycles. The summed E-state index contributed by atoms with van der Waals surface area (Å²) < 4.78 is 0. The van der Waals surface area contributed by atoms with Crippen molar-refractivity contribution in [2.24, 2.45) is 0 Å². The van der Waals surface area contributed by atoms with Gasteiger partial charge in [0.2, 0.25) is 0 Å². The van der Waals surface area contributed by atoms with Crippen molar-refractivity contribution in [2.45, 2.75) is 39.2 Å². The second-order valence-electron chi connectivity index (χ2n) is 5.00. The molecule has 0 aliphatic carbocycles. The number of nitrogens with one attached hydrogen (secondary N) is 1. The fourth-order valence-corrected chi connectivity index (χ4v) is 2.70. The summed E-state index contributed by atoms with van der Waals surface area (Å²) in [5.74, 6) is 1.09. The van der Waals surface area contributed by atoms with E-state index in [1.165, 1.54) is 28.7 Å². The van der Waals surface area contributed by atoms with Gasteiger partial charge in [-0.1, -0.05) is 6.92 Å². The second-order valence-corrected chi connectivity index (χ2v) is 5.00. The lowest BCUT2D eigenvalue weighted by Crippen LogP contribution is -2.33. The molecule has 2 heterocycles. The molecule has 0 bridgehead atoms. The Morgan fingerprint density at radius 1 is 1.47 bits per heavy atom. The zero-order chi connectivity index (χ0) is 12.0. The monoisotopic (exact) mass is 229 g/mol. The van der Waals surface area contributed by atoms with Gasteiger partial charge < -0.3 is 9.88 Å². The average Bonchev–Trinajstić information content (AvgIpc) is 2.76. The third kappa shape index (κ3) is 1.53. The summed E-state index contributed by atoms with van der Waals surface area (Å²) in [6.07, 6.45) is 3.33. The number of hydrogen-bond donors (Lipinski definition) is 1. The molecule has 2 aromatic rings. The van der Waals surface area contributed by atoms with E-state index in [0.717, 1.165) is 18.7 Å². The molecular weight excluding hydrogens is 210 g/mol. The third-order valence-corrected chi connectivity index (χ3v) is 3.97. The van der Waals surface area contributed by atoms with E-state index in [9.17, 15) is 0 Å². The average molecular weight is 229 g/mol. The summed E-state index contributed by atoms with van der Waals surface area (Å²) in [6.45, 7) is 4.42. The molecule has 0 amide bonds. The van der Waals surface area contributed by atoms with Gasteiger partial charge in [0.15, 0.2) is 0 Å². The van der Waals surface area contributed by atoms with Crippen LogP contribution in [0.3, 0.4) is 0 Å². The quantitative estimate of drug-likeness (QED) is 0.815. The summed E-state index contributed by atoms with van der Waals surface area (Å²) in [5.41, 5.74) is 5.13. The lowest BCUT2D eigenvalue weighted by molar-refractivity contribution is 0.600. The minimum absolute atomic E-state index is 0.629. The Kier molecular flexibility index (Phi) is 2.35. The van der Waals surface area contributed by atoms with Crippen LogP contribution in [0.2, 0.25) is 0 Å². The first-order valence-corrected chi connectivity index (χ1v) is 6.44. The Bertz CT molecular complexity index is 556. The van der Waals surface area contributed by atoms with E-state index < -0.39 is 0 Å². The molecule has 1 aliphatic rings. The highest BCUT2D eigenvalue weighted by Gasteiger charge is 2.22. The van der Waals surface area contributed by atoms with Gasteiger partial charge in [-0.05, 0) is 31.9 Å². The van der Waals surface area contributed by atoms with Gasteiger partial charge in [-0.3, -0.25) is 0 Å². The second kappa shape index (κ2) is 3.76. The van der Waals surface area contributed by atoms with Crippen LogP contribution in [-0.4, -0.2) is 23.1 Å². The topological polar surface area (TPSA) is 31.9 Å². The number of fused-ring (bicyclic) bond motifs is 3. The maximum atomic E-state index is 4.72. The highest BCUT2D eigenvalue weighted by molar-refractivity contribution is 5.85. The Morgan fingerprint density at radius 2 is 2.29 bits per heavy atom. The van der Waals surface area contributed by atoms with Crippen LogP contribution in [-0.2, 0) is 12.8 Å². The molecule has 3 nitrogen and oxygen atoms in total. The standard InChI is InChI=1S/C14H19N3/c1-4-13-15-11-7-8-12-10(14(11)16-13)6-5-9(2)17(12)3/h7-9H,4-6H2,1-3H3,(H,15,16). The lowest BCUT2D eigenvalue weighted by Gasteiger charge is -2.33. The van der Waals surface area contributed by atoms with Gasteiger partial charge in [0, 0.05) is 30.8 Å². The summed E-state index contributed by atoms with van der Waals surface area (Å²) >= 11 is 0. The van der Waals surface area contributed by atoms with Crippen molar-refractivity contribution in [3.05, 3.63) is 23.5 Å². The predicted molar refractivity (Wildman–Crippen MR) is 71.7 cm³/mol. The van der Waals surface area contributed by atoms with Crippen molar-refractivity contribution in [1.82, 2.24) is 9.97 Å². The zero-order valence-electron chi connectivity index (χ0n) is 10.7. The van der Waals surface area contributed by atoms with E-state index in [-0.39, 0.29) is 0 Å². The predicted octanol–water partition coefficient (Wildman–Crippen LogP) is 2.90. The Hall–Kier alpha value is -1.51. The van der Waals surface area contributed by atoms with Crippen molar-refractivity contribution in [2.75, 3.05) is 11.9 Å². The van der Waals surface area contributed by atoms with Gasteiger partial charge >= 0.3 is 0 Å². The molecule has 1 unspecified atom stereocenters. The Morgan fingerprint density at radius 3 is 3.06 bits per heavy atom. The lowest BCUT2D eigenvalue weighted by atomic mass is 9.96. The number of hydrogen-bond acceptors (Lipinski definition) is 2. The van der Waals surface area contributed by atoms with Gasteiger partial charge in [-0.15, -0.1) is 0 Å². The van der Waals surface area contributed by atoms with Gasteiger partial charge in [0.05, 0.1) is 11.0 Å². The van der Waals surface area contributed by atoms with Crippen molar-refractivity contribution in [1.29, 1.82) is 0 Å². The number of anilines is 1. The molecule has 1 aromatic heterocycles. The van der Waals surface area contributed by atoms with E-state index in [4.69, 9.17) is 4.98 Å². The highest BCUT2D eigenvalue weighted by Crippen LogP contribution is 2.34. The third-order valence-electron chi connectivity index (χ3n) is 3.97. The maximum absolute atomic E-state index is 4.72. The van der Waals surface area contributed by atoms with E-state index in [1.807, 2.05) is 0 Å². The molecule has 1 aliphatic heterocycles. The van der Waals surface area contributed by atoms with Crippen LogP contribution in [0.4, 0.5) is 5.69 Å². The number of aromatic amines is 1. The summed E-state index contributed by atoms with van der Waals surface area (Å²) in [5, 5.41) is 0. The number of rotatable bonds is 1. The number of benzene rings is 1. The summed E-state index contributed by atoms with van der Waals surface area (Å²) in [7, 11) is 2.18. The molecular formula is C14H19N3. The Balaban J connectivity index is 2.21. The van der Waals surface area contributed by atoms with E-state index >= 15 is 0 Å². The molecule has 0 radical (unpaired) electrons. The van der Waals surface area contributed by atoms with Gasteiger partial charge in [-0.25, -0.2) is 4.98 Å². The molecule has 3 rings (SSSR count). The SMILES string of the molecule is CCc1nc2c3c(ccc2[nH]1)N(C)C(C)CC3. The largest absolute Gasteiger partial charge is 0.372 e. The molecule has 0 fully saturated rings. The van der Waals surface area contributed by atoms with Crippen molar-refractivity contribution in [3.63, 3.8) is 0 Å². The summed E-state index contributed by atoms with van der Waals surface area (Å²) in [4.78, 5) is 10.5. The fourth-order valence-electron chi connectivity index (χ4n) is 2.70. The first-order valence-electron chi connectivity index (χ1n) is 6.44. The smallest absolute Gasteiger partial charge is 0.106 e. The number of imidazole rings is 1. The first kappa shape index (κ1) is 10.6. The minimum atomic E-state index is 0.629. The van der Waals surface area contributed by atoms with Crippen LogP contribution in [0.25, 0.3) is 11.0 Å². The maximum Gasteiger partial charge on any atom is 0.106 e. The van der Waals surface area contributed by atoms with Crippen LogP contribution in [0, 0.1) is 0 Å². The van der Waals surface area contributed by atoms with Crippen molar-refractivity contribution in [3.8, 4) is 0 Å². The molecule has 0 spiro atoms. The highest BCUT2D eigenvalue weighted by atomic mass is 15.1. The molecule has 3 heteroatoms. The minimum Gasteiger partial charge on any atom is -0.372 e. The molecule has 1 atom stereocenters. The van der Waals surface area contributed by atoms with E-state index in [2.05, 4.69) is 42.9 Å². The van der Waals surface area contributed by atoms with Gasteiger partial charge in [-0.2, -0.15) is 0 Å². The zero-order valence-corrected chi connectivity index (χ0v) is 10.7. The fraction of sp³-hybridized carbons (Fsp3) is 0.500. The van der Waals surface area contributed by atoms with Crippen LogP contribution in [0.15, 0.2) is 12.1 Å². The Labute approximate surface area is 102 Å².